The normalized spacial score (nSPS) is 29.2. The number of carbonyl (C=O) groups is 1. The molecule has 0 bridgehead atoms. The van der Waals surface area contributed by atoms with E-state index in [-0.39, 0.29) is 17.3 Å². The summed E-state index contributed by atoms with van der Waals surface area (Å²) in [4.78, 5) is 12.0. The van der Waals surface area contributed by atoms with Crippen LogP contribution < -0.4 is 0 Å². The van der Waals surface area contributed by atoms with Gasteiger partial charge in [0.1, 0.15) is 0 Å². The Morgan fingerprint density at radius 2 is 1.95 bits per heavy atom. The van der Waals surface area contributed by atoms with Gasteiger partial charge in [0.15, 0.2) is 0 Å². The van der Waals surface area contributed by atoms with Crippen LogP contribution in [0.2, 0.25) is 0 Å². The summed E-state index contributed by atoms with van der Waals surface area (Å²) in [6.07, 6.45) is 10.7. The van der Waals surface area contributed by atoms with Gasteiger partial charge in [-0.1, -0.05) is 50.0 Å². The Morgan fingerprint density at radius 1 is 1.40 bits per heavy atom. The molecule has 0 aromatic carbocycles. The lowest BCUT2D eigenvalue weighted by molar-refractivity contribution is -0.146. The third-order valence-corrected chi connectivity index (χ3v) is 4.71. The summed E-state index contributed by atoms with van der Waals surface area (Å²) >= 11 is 0. The molecule has 1 N–H and O–H groups in total. The molecular formula is C18H26O2. The second-order valence-electron chi connectivity index (χ2n) is 6.57. The maximum atomic E-state index is 12.0. The van der Waals surface area contributed by atoms with E-state index in [0.717, 1.165) is 17.6 Å². The number of terminal acetylenes is 1. The second-order valence-corrected chi connectivity index (χ2v) is 6.57. The maximum absolute atomic E-state index is 12.0. The van der Waals surface area contributed by atoms with Gasteiger partial charge < -0.3 is 5.11 Å². The van der Waals surface area contributed by atoms with Crippen molar-refractivity contribution in [1.82, 2.24) is 0 Å². The molecule has 2 nitrogen and oxygen atoms in total. The van der Waals surface area contributed by atoms with E-state index in [9.17, 15) is 9.90 Å². The molecule has 1 aliphatic rings. The monoisotopic (exact) mass is 274 g/mol. The first-order valence-electron chi connectivity index (χ1n) is 7.19. The molecule has 0 aromatic heterocycles. The Morgan fingerprint density at radius 3 is 2.30 bits per heavy atom. The molecule has 110 valence electrons. The van der Waals surface area contributed by atoms with Crippen molar-refractivity contribution in [2.45, 2.75) is 48.0 Å². The number of hydrogen-bond acceptors (Lipinski definition) is 1. The fraction of sp³-hybridized carbons (Fsp3) is 0.611. The minimum Gasteiger partial charge on any atom is -0.481 e. The Labute approximate surface area is 123 Å². The Hall–Kier alpha value is -1.49. The molecule has 1 rings (SSSR count). The van der Waals surface area contributed by atoms with Gasteiger partial charge in [-0.05, 0) is 32.6 Å². The molecule has 1 aliphatic carbocycles. The van der Waals surface area contributed by atoms with Crippen LogP contribution in [0.1, 0.15) is 48.0 Å². The van der Waals surface area contributed by atoms with Gasteiger partial charge >= 0.3 is 5.97 Å². The molecule has 0 unspecified atom stereocenters. The SMILES string of the molecule is C#C[C@H](C(C)=CCC)[C@]1(C(=O)O)[C@@H](C=C(C)C)C1(C)C. The van der Waals surface area contributed by atoms with Crippen LogP contribution >= 0.6 is 0 Å². The van der Waals surface area contributed by atoms with Crippen LogP contribution in [0, 0.1) is 35.0 Å². The maximum Gasteiger partial charge on any atom is 0.312 e. The fourth-order valence-corrected chi connectivity index (χ4v) is 3.66. The molecule has 2 heteroatoms. The van der Waals surface area contributed by atoms with Crippen molar-refractivity contribution in [2.75, 3.05) is 0 Å². The first-order valence-corrected chi connectivity index (χ1v) is 7.19. The van der Waals surface area contributed by atoms with Crippen LogP contribution in [0.25, 0.3) is 0 Å². The lowest BCUT2D eigenvalue weighted by atomic mass is 9.78. The van der Waals surface area contributed by atoms with Crippen LogP contribution in [0.5, 0.6) is 0 Å². The predicted octanol–water partition coefficient (Wildman–Crippen LogP) is 4.29. The zero-order chi connectivity index (χ0) is 15.7. The van der Waals surface area contributed by atoms with E-state index >= 15 is 0 Å². The Bertz CT molecular complexity index is 498. The summed E-state index contributed by atoms with van der Waals surface area (Å²) in [6.45, 7) is 12.0. The summed E-state index contributed by atoms with van der Waals surface area (Å²) in [5.74, 6) is 1.60. The molecular weight excluding hydrogens is 248 g/mol. The lowest BCUT2D eigenvalue weighted by Gasteiger charge is -2.23. The molecule has 3 atom stereocenters. The van der Waals surface area contributed by atoms with Gasteiger partial charge in [0, 0.05) is 5.92 Å². The minimum absolute atomic E-state index is 0.0150. The number of allylic oxidation sites excluding steroid dienone is 4. The van der Waals surface area contributed by atoms with Gasteiger partial charge in [-0.2, -0.15) is 0 Å². The highest BCUT2D eigenvalue weighted by Gasteiger charge is 2.77. The molecule has 0 aromatic rings. The molecule has 0 amide bonds. The Kier molecular flexibility index (Phi) is 4.54. The van der Waals surface area contributed by atoms with E-state index in [0.29, 0.717) is 0 Å². The van der Waals surface area contributed by atoms with E-state index in [2.05, 4.69) is 12.0 Å². The van der Waals surface area contributed by atoms with Crippen molar-refractivity contribution < 1.29 is 9.90 Å². The van der Waals surface area contributed by atoms with E-state index in [1.165, 1.54) is 0 Å². The molecule has 20 heavy (non-hydrogen) atoms. The third kappa shape index (κ3) is 2.20. The second kappa shape index (κ2) is 5.48. The largest absolute Gasteiger partial charge is 0.481 e. The van der Waals surface area contributed by atoms with Crippen LogP contribution in [0.15, 0.2) is 23.3 Å². The molecule has 0 radical (unpaired) electrons. The van der Waals surface area contributed by atoms with E-state index in [1.807, 2.05) is 47.6 Å². The predicted molar refractivity (Wildman–Crippen MR) is 83.1 cm³/mol. The van der Waals surface area contributed by atoms with Gasteiger partial charge in [-0.3, -0.25) is 4.79 Å². The van der Waals surface area contributed by atoms with Crippen molar-refractivity contribution in [3.63, 3.8) is 0 Å². The van der Waals surface area contributed by atoms with Crippen LogP contribution in [-0.4, -0.2) is 11.1 Å². The Balaban J connectivity index is 3.40. The molecule has 0 heterocycles. The van der Waals surface area contributed by atoms with Gasteiger partial charge in [-0.15, -0.1) is 6.42 Å². The highest BCUT2D eigenvalue weighted by molar-refractivity contribution is 5.83. The lowest BCUT2D eigenvalue weighted by Crippen LogP contribution is -2.31. The summed E-state index contributed by atoms with van der Waals surface area (Å²) < 4.78 is 0. The summed E-state index contributed by atoms with van der Waals surface area (Å²) in [6, 6.07) is 0. The summed E-state index contributed by atoms with van der Waals surface area (Å²) in [5, 5.41) is 9.89. The zero-order valence-corrected chi connectivity index (χ0v) is 13.4. The molecule has 1 saturated carbocycles. The molecule has 0 spiro atoms. The number of carboxylic acids is 1. The number of carboxylic acid groups (broad SMARTS) is 1. The average molecular weight is 274 g/mol. The van der Waals surface area contributed by atoms with Gasteiger partial charge in [0.25, 0.3) is 0 Å². The van der Waals surface area contributed by atoms with Gasteiger partial charge in [0.2, 0.25) is 0 Å². The molecule has 0 aliphatic heterocycles. The van der Waals surface area contributed by atoms with Crippen LogP contribution in [0.4, 0.5) is 0 Å². The zero-order valence-electron chi connectivity index (χ0n) is 13.4. The first-order chi connectivity index (χ1) is 9.17. The van der Waals surface area contributed by atoms with Gasteiger partial charge in [-0.25, -0.2) is 0 Å². The quantitative estimate of drug-likeness (QED) is 0.600. The van der Waals surface area contributed by atoms with Crippen molar-refractivity contribution in [3.8, 4) is 12.3 Å². The van der Waals surface area contributed by atoms with Crippen molar-refractivity contribution in [2.24, 2.45) is 22.7 Å². The minimum atomic E-state index is -0.880. The number of rotatable bonds is 5. The first kappa shape index (κ1) is 16.6. The standard InChI is InChI=1S/C18H26O2/c1-8-10-13(5)14(9-2)18(16(19)20)15(11-12(3)4)17(18,6)7/h2,10-11,14-15H,8H2,1,3-7H3,(H,19,20)/t14-,15+,18-/m1/s1. The number of aliphatic carboxylic acids is 1. The van der Waals surface area contributed by atoms with Crippen molar-refractivity contribution in [3.05, 3.63) is 23.3 Å². The van der Waals surface area contributed by atoms with Gasteiger partial charge in [0.05, 0.1) is 11.3 Å². The smallest absolute Gasteiger partial charge is 0.312 e. The van der Waals surface area contributed by atoms with Crippen LogP contribution in [-0.2, 0) is 4.79 Å². The van der Waals surface area contributed by atoms with E-state index in [4.69, 9.17) is 6.42 Å². The van der Waals surface area contributed by atoms with Crippen molar-refractivity contribution in [1.29, 1.82) is 0 Å². The molecule has 0 saturated heterocycles. The number of hydrogen-bond donors (Lipinski definition) is 1. The third-order valence-electron chi connectivity index (χ3n) is 4.71. The average Bonchev–Trinajstić information content (AvgIpc) is 2.78. The van der Waals surface area contributed by atoms with E-state index in [1.54, 1.807) is 0 Å². The summed E-state index contributed by atoms with van der Waals surface area (Å²) in [7, 11) is 0. The topological polar surface area (TPSA) is 37.3 Å². The highest BCUT2D eigenvalue weighted by atomic mass is 16.4. The molecule has 1 fully saturated rings. The fourth-order valence-electron chi connectivity index (χ4n) is 3.66. The van der Waals surface area contributed by atoms with Crippen LogP contribution in [0.3, 0.4) is 0 Å². The van der Waals surface area contributed by atoms with Crippen molar-refractivity contribution >= 4 is 5.97 Å². The summed E-state index contributed by atoms with van der Waals surface area (Å²) in [5.41, 5.74) is 0.930. The van der Waals surface area contributed by atoms with E-state index < -0.39 is 11.4 Å². The highest BCUT2D eigenvalue weighted by Crippen LogP contribution is 2.74.